The molecule has 4 nitrogen and oxygen atoms in total. The summed E-state index contributed by atoms with van der Waals surface area (Å²) in [6.45, 7) is 4.37. The van der Waals surface area contributed by atoms with E-state index >= 15 is 0 Å². The zero-order chi connectivity index (χ0) is 22.5. The topological polar surface area (TPSA) is 50.1 Å². The van der Waals surface area contributed by atoms with Gasteiger partial charge in [-0.25, -0.2) is 9.07 Å². The Hall–Kier alpha value is -2.92. The molecule has 5 rings (SSSR count). The molecule has 0 spiro atoms. The third kappa shape index (κ3) is 3.36. The molecule has 1 fully saturated rings. The van der Waals surface area contributed by atoms with Crippen LogP contribution >= 0.6 is 0 Å². The predicted octanol–water partition coefficient (Wildman–Crippen LogP) is 5.84. The molecule has 5 heteroatoms. The molecular weight excluding hydrogens is 401 g/mol. The largest absolute Gasteiger partial charge is 0.388 e. The monoisotopic (exact) mass is 431 g/mol. The first kappa shape index (κ1) is 21.0. The minimum absolute atomic E-state index is 0.0635. The Morgan fingerprint density at radius 3 is 2.75 bits per heavy atom. The van der Waals surface area contributed by atoms with E-state index in [1.54, 1.807) is 19.2 Å². The van der Waals surface area contributed by atoms with Crippen LogP contribution in [0.25, 0.3) is 11.8 Å². The van der Waals surface area contributed by atoms with Gasteiger partial charge in [0.15, 0.2) is 0 Å². The Bertz CT molecular complexity index is 1180. The van der Waals surface area contributed by atoms with E-state index in [2.05, 4.69) is 49.5 Å². The minimum atomic E-state index is -0.648. The van der Waals surface area contributed by atoms with Crippen molar-refractivity contribution in [3.05, 3.63) is 82.4 Å². The normalized spacial score (nSPS) is 23.2. The second-order valence-electron chi connectivity index (χ2n) is 9.50. The van der Waals surface area contributed by atoms with Crippen LogP contribution in [0.2, 0.25) is 0 Å². The first-order valence-corrected chi connectivity index (χ1v) is 11.4. The average molecular weight is 432 g/mol. The van der Waals surface area contributed by atoms with E-state index in [0.29, 0.717) is 5.69 Å². The first-order chi connectivity index (χ1) is 15.4. The summed E-state index contributed by atoms with van der Waals surface area (Å²) in [5.74, 6) is -0.238. The highest BCUT2D eigenvalue weighted by Crippen LogP contribution is 2.54. The number of nitrogens with one attached hydrogen (secondary N) is 1. The average Bonchev–Trinajstić information content (AvgIpc) is 3.19. The smallest absolute Gasteiger partial charge is 0.146 e. The molecular formula is C27H30FN3O. The first-order valence-electron chi connectivity index (χ1n) is 11.4. The molecule has 1 aromatic heterocycles. The van der Waals surface area contributed by atoms with Crippen LogP contribution in [0.15, 0.2) is 54.2 Å². The highest BCUT2D eigenvalue weighted by Gasteiger charge is 2.46. The maximum Gasteiger partial charge on any atom is 0.146 e. The van der Waals surface area contributed by atoms with Crippen LogP contribution < -0.4 is 5.32 Å². The number of anilines is 1. The van der Waals surface area contributed by atoms with E-state index in [-0.39, 0.29) is 17.2 Å². The van der Waals surface area contributed by atoms with Crippen molar-refractivity contribution in [3.63, 3.8) is 0 Å². The van der Waals surface area contributed by atoms with E-state index in [1.165, 1.54) is 22.8 Å². The molecule has 0 radical (unpaired) electrons. The number of hydrogen-bond donors (Lipinski definition) is 2. The lowest BCUT2D eigenvalue weighted by Gasteiger charge is -2.47. The lowest BCUT2D eigenvalue weighted by molar-refractivity contribution is 0.0217. The van der Waals surface area contributed by atoms with Crippen molar-refractivity contribution >= 4 is 11.8 Å². The molecule has 2 aliphatic carbocycles. The van der Waals surface area contributed by atoms with Crippen LogP contribution in [0.4, 0.5) is 10.1 Å². The zero-order valence-electron chi connectivity index (χ0n) is 18.9. The number of hydrogen-bond acceptors (Lipinski definition) is 3. The molecule has 0 amide bonds. The van der Waals surface area contributed by atoms with E-state index in [4.69, 9.17) is 5.10 Å². The predicted molar refractivity (Wildman–Crippen MR) is 126 cm³/mol. The van der Waals surface area contributed by atoms with E-state index in [0.717, 1.165) is 42.6 Å². The highest BCUT2D eigenvalue weighted by atomic mass is 19.1. The van der Waals surface area contributed by atoms with Crippen molar-refractivity contribution < 1.29 is 9.50 Å². The number of benzene rings is 2. The number of aromatic nitrogens is 2. The van der Waals surface area contributed by atoms with Gasteiger partial charge in [-0.15, -0.1) is 0 Å². The summed E-state index contributed by atoms with van der Waals surface area (Å²) in [7, 11) is 1.70. The second kappa shape index (κ2) is 7.89. The maximum absolute atomic E-state index is 14.0. The molecule has 0 bridgehead atoms. The van der Waals surface area contributed by atoms with E-state index < -0.39 is 6.10 Å². The summed E-state index contributed by atoms with van der Waals surface area (Å²) in [6.07, 6.45) is 7.49. The van der Waals surface area contributed by atoms with E-state index in [1.807, 2.05) is 10.9 Å². The van der Waals surface area contributed by atoms with Gasteiger partial charge in [0, 0.05) is 7.05 Å². The third-order valence-corrected chi connectivity index (χ3v) is 7.53. The zero-order valence-corrected chi connectivity index (χ0v) is 18.9. The van der Waals surface area contributed by atoms with Crippen LogP contribution in [0.3, 0.4) is 0 Å². The molecule has 1 saturated carbocycles. The Morgan fingerprint density at radius 2 is 2.00 bits per heavy atom. The number of aryl methyl sites for hydroxylation is 1. The van der Waals surface area contributed by atoms with Crippen molar-refractivity contribution in [1.82, 2.24) is 9.78 Å². The van der Waals surface area contributed by atoms with Gasteiger partial charge in [0.25, 0.3) is 0 Å². The van der Waals surface area contributed by atoms with Gasteiger partial charge in [-0.3, -0.25) is 0 Å². The molecule has 3 atom stereocenters. The molecule has 0 unspecified atom stereocenters. The summed E-state index contributed by atoms with van der Waals surface area (Å²) in [4.78, 5) is 0. The fraction of sp³-hybridized carbons (Fsp3) is 0.370. The van der Waals surface area contributed by atoms with Gasteiger partial charge in [0.05, 0.1) is 29.4 Å². The second-order valence-corrected chi connectivity index (χ2v) is 9.50. The van der Waals surface area contributed by atoms with Gasteiger partial charge in [-0.1, -0.05) is 36.3 Å². The summed E-state index contributed by atoms with van der Waals surface area (Å²) >= 11 is 0. The van der Waals surface area contributed by atoms with Crippen LogP contribution in [-0.2, 0) is 6.42 Å². The molecule has 166 valence electrons. The lowest BCUT2D eigenvalue weighted by atomic mass is 9.57. The Morgan fingerprint density at radius 1 is 1.22 bits per heavy atom. The number of allylic oxidation sites excluding steroid dienone is 1. The summed E-state index contributed by atoms with van der Waals surface area (Å²) in [6, 6.07) is 13.3. The number of nitrogens with zero attached hydrogens (tertiary/aromatic N) is 2. The van der Waals surface area contributed by atoms with Crippen molar-refractivity contribution in [3.8, 4) is 5.69 Å². The van der Waals surface area contributed by atoms with Crippen molar-refractivity contribution in [2.45, 2.75) is 45.6 Å². The standard InChI is InChI=1S/C27H30FN3O/c1-17-7-10-21(11-8-17)31-25-14-20-5-4-6-22(27(20,2)15-19(25)16-30-31)26(32)18-9-12-23(28)24(13-18)29-3/h7-14,16,22,26,29,32H,4-6,15H2,1-3H3/t22-,26+,27+/m1/s1. The van der Waals surface area contributed by atoms with Gasteiger partial charge in [0.2, 0.25) is 0 Å². The van der Waals surface area contributed by atoms with Gasteiger partial charge >= 0.3 is 0 Å². The number of aliphatic hydroxyl groups is 1. The number of rotatable bonds is 4. The van der Waals surface area contributed by atoms with Crippen LogP contribution in [0, 0.1) is 24.1 Å². The number of halogens is 1. The van der Waals surface area contributed by atoms with Gasteiger partial charge in [-0.05, 0) is 85.4 Å². The molecule has 1 heterocycles. The van der Waals surface area contributed by atoms with Crippen molar-refractivity contribution in [2.75, 3.05) is 12.4 Å². The van der Waals surface area contributed by atoms with Crippen LogP contribution in [0.5, 0.6) is 0 Å². The molecule has 0 saturated heterocycles. The summed E-state index contributed by atoms with van der Waals surface area (Å²) < 4.78 is 16.0. The molecule has 0 aliphatic heterocycles. The van der Waals surface area contributed by atoms with Gasteiger partial charge in [0.1, 0.15) is 5.82 Å². The van der Waals surface area contributed by atoms with E-state index in [9.17, 15) is 9.50 Å². The third-order valence-electron chi connectivity index (χ3n) is 7.53. The summed E-state index contributed by atoms with van der Waals surface area (Å²) in [5, 5.41) is 19.0. The molecule has 2 aromatic carbocycles. The lowest BCUT2D eigenvalue weighted by Crippen LogP contribution is -2.40. The maximum atomic E-state index is 14.0. The number of fused-ring (bicyclic) bond motifs is 2. The SMILES string of the molecule is CNc1cc([C@H](O)[C@H]2CCCC3=Cc4c(cnn4-c4ccc(C)cc4)C[C@@]32C)ccc1F. The number of aliphatic hydroxyl groups excluding tert-OH is 1. The molecule has 32 heavy (non-hydrogen) atoms. The fourth-order valence-corrected chi connectivity index (χ4v) is 5.63. The summed E-state index contributed by atoms with van der Waals surface area (Å²) in [5.41, 5.74) is 7.07. The Labute approximate surface area is 188 Å². The minimum Gasteiger partial charge on any atom is -0.388 e. The van der Waals surface area contributed by atoms with Crippen molar-refractivity contribution in [1.29, 1.82) is 0 Å². The van der Waals surface area contributed by atoms with Crippen molar-refractivity contribution in [2.24, 2.45) is 11.3 Å². The molecule has 3 aromatic rings. The molecule has 2 aliphatic rings. The molecule has 2 N–H and O–H groups in total. The Kier molecular flexibility index (Phi) is 5.17. The van der Waals surface area contributed by atoms with Gasteiger partial charge < -0.3 is 10.4 Å². The Balaban J connectivity index is 1.51. The van der Waals surface area contributed by atoms with Crippen LogP contribution in [-0.4, -0.2) is 21.9 Å². The quantitative estimate of drug-likeness (QED) is 0.546. The van der Waals surface area contributed by atoms with Crippen LogP contribution in [0.1, 0.15) is 54.7 Å². The highest BCUT2D eigenvalue weighted by molar-refractivity contribution is 5.61. The van der Waals surface area contributed by atoms with Gasteiger partial charge in [-0.2, -0.15) is 5.10 Å². The fourth-order valence-electron chi connectivity index (χ4n) is 5.63.